The predicted octanol–water partition coefficient (Wildman–Crippen LogP) is 3.73. The number of carbonyl (C=O) groups is 1. The molecule has 0 atom stereocenters. The molecule has 0 bridgehead atoms. The van der Waals surface area contributed by atoms with Crippen molar-refractivity contribution < 1.29 is 9.53 Å². The van der Waals surface area contributed by atoms with Gasteiger partial charge >= 0.3 is 6.09 Å². The van der Waals surface area contributed by atoms with Gasteiger partial charge in [-0.05, 0) is 32.9 Å². The highest BCUT2D eigenvalue weighted by atomic mass is 16.6. The van der Waals surface area contributed by atoms with Crippen LogP contribution in [0.5, 0.6) is 0 Å². The van der Waals surface area contributed by atoms with Crippen molar-refractivity contribution >= 4 is 11.8 Å². The fraction of sp³-hybridized carbons (Fsp3) is 0.286. The maximum atomic E-state index is 12.0. The van der Waals surface area contributed by atoms with Gasteiger partial charge in [-0.1, -0.05) is 24.8 Å². The van der Waals surface area contributed by atoms with Gasteiger partial charge in [0.2, 0.25) is 0 Å². The maximum absolute atomic E-state index is 12.0. The van der Waals surface area contributed by atoms with Crippen molar-refractivity contribution in [3.05, 3.63) is 48.8 Å². The highest BCUT2D eigenvalue weighted by Gasteiger charge is 2.21. The second-order valence-corrected chi connectivity index (χ2v) is 4.52. The van der Waals surface area contributed by atoms with E-state index in [-0.39, 0.29) is 0 Å². The molecule has 0 spiro atoms. The van der Waals surface area contributed by atoms with Crippen LogP contribution in [-0.4, -0.2) is 11.7 Å². The second kappa shape index (κ2) is 5.37. The van der Waals surface area contributed by atoms with Crippen LogP contribution >= 0.6 is 0 Å². The zero-order valence-electron chi connectivity index (χ0n) is 10.4. The highest BCUT2D eigenvalue weighted by Crippen LogP contribution is 2.17. The van der Waals surface area contributed by atoms with Gasteiger partial charge in [-0.2, -0.15) is 0 Å². The van der Waals surface area contributed by atoms with Crippen molar-refractivity contribution in [2.75, 3.05) is 4.90 Å². The Hall–Kier alpha value is -1.99. The minimum atomic E-state index is -0.529. The standard InChI is InChI=1S/C14H17NO2/c1-5-11-15(12-9-7-6-8-10-12)13(16)17-14(2,3)4/h6-11H,1H2,2-4H3. The van der Waals surface area contributed by atoms with Crippen LogP contribution in [0.4, 0.5) is 10.5 Å². The Labute approximate surface area is 102 Å². The van der Waals surface area contributed by atoms with Crippen molar-refractivity contribution in [2.24, 2.45) is 0 Å². The molecule has 1 aromatic carbocycles. The van der Waals surface area contributed by atoms with Gasteiger partial charge in [-0.25, -0.2) is 9.69 Å². The molecule has 0 aliphatic carbocycles. The molecule has 0 saturated carbocycles. The van der Waals surface area contributed by atoms with Gasteiger partial charge in [0.1, 0.15) is 5.60 Å². The number of para-hydroxylation sites is 1. The summed E-state index contributed by atoms with van der Waals surface area (Å²) >= 11 is 0. The fourth-order valence-electron chi connectivity index (χ4n) is 1.22. The van der Waals surface area contributed by atoms with Crippen LogP contribution in [0, 0.1) is 0 Å². The molecule has 0 heterocycles. The molecule has 0 radical (unpaired) electrons. The SMILES string of the molecule is C=C=CN(C(=O)OC(C)(C)C)c1ccccc1. The molecule has 3 nitrogen and oxygen atoms in total. The quantitative estimate of drug-likeness (QED) is 0.726. The summed E-state index contributed by atoms with van der Waals surface area (Å²) < 4.78 is 5.29. The van der Waals surface area contributed by atoms with Crippen molar-refractivity contribution in [1.29, 1.82) is 0 Å². The predicted molar refractivity (Wildman–Crippen MR) is 68.9 cm³/mol. The summed E-state index contributed by atoms with van der Waals surface area (Å²) in [6, 6.07) is 9.22. The summed E-state index contributed by atoms with van der Waals surface area (Å²) in [6.07, 6.45) is 1.02. The number of rotatable bonds is 2. The first-order chi connectivity index (χ1) is 7.94. The minimum Gasteiger partial charge on any atom is -0.443 e. The number of hydrogen-bond acceptors (Lipinski definition) is 2. The number of benzene rings is 1. The lowest BCUT2D eigenvalue weighted by Gasteiger charge is -2.24. The summed E-state index contributed by atoms with van der Waals surface area (Å²) in [5.74, 6) is 0. The first kappa shape index (κ1) is 13.1. The summed E-state index contributed by atoms with van der Waals surface area (Å²) in [7, 11) is 0. The fourth-order valence-corrected chi connectivity index (χ4v) is 1.22. The third-order valence-corrected chi connectivity index (χ3v) is 1.84. The molecule has 0 N–H and O–H groups in total. The smallest absolute Gasteiger partial charge is 0.419 e. The largest absolute Gasteiger partial charge is 0.443 e. The molecule has 0 aliphatic rings. The number of nitrogens with zero attached hydrogens (tertiary/aromatic N) is 1. The first-order valence-corrected chi connectivity index (χ1v) is 5.37. The lowest BCUT2D eigenvalue weighted by molar-refractivity contribution is 0.0596. The number of anilines is 1. The van der Waals surface area contributed by atoms with E-state index in [1.807, 2.05) is 51.1 Å². The van der Waals surface area contributed by atoms with Crippen molar-refractivity contribution in [3.8, 4) is 0 Å². The van der Waals surface area contributed by atoms with Crippen LogP contribution in [0.1, 0.15) is 20.8 Å². The van der Waals surface area contributed by atoms with E-state index in [9.17, 15) is 4.79 Å². The molecule has 1 aromatic rings. The van der Waals surface area contributed by atoms with Crippen LogP contribution in [0.2, 0.25) is 0 Å². The van der Waals surface area contributed by atoms with Crippen LogP contribution in [0.15, 0.2) is 48.8 Å². The van der Waals surface area contributed by atoms with Gasteiger partial charge < -0.3 is 4.74 Å². The third kappa shape index (κ3) is 4.17. The van der Waals surface area contributed by atoms with Crippen LogP contribution < -0.4 is 4.90 Å². The summed E-state index contributed by atoms with van der Waals surface area (Å²) in [5.41, 5.74) is 2.77. The topological polar surface area (TPSA) is 29.5 Å². The lowest BCUT2D eigenvalue weighted by atomic mass is 10.2. The molecule has 0 unspecified atom stereocenters. The third-order valence-electron chi connectivity index (χ3n) is 1.84. The van der Waals surface area contributed by atoms with Gasteiger partial charge in [0.05, 0.1) is 11.9 Å². The molecule has 17 heavy (non-hydrogen) atoms. The van der Waals surface area contributed by atoms with Crippen molar-refractivity contribution in [2.45, 2.75) is 26.4 Å². The van der Waals surface area contributed by atoms with Gasteiger partial charge in [0, 0.05) is 0 Å². The molecule has 1 amide bonds. The van der Waals surface area contributed by atoms with Gasteiger partial charge in [-0.3, -0.25) is 0 Å². The zero-order valence-corrected chi connectivity index (χ0v) is 10.4. The number of amides is 1. The minimum absolute atomic E-state index is 0.445. The van der Waals surface area contributed by atoms with Crippen LogP contribution in [0.25, 0.3) is 0 Å². The normalized spacial score (nSPS) is 10.3. The monoisotopic (exact) mass is 231 g/mol. The van der Waals surface area contributed by atoms with Crippen LogP contribution in [0.3, 0.4) is 0 Å². The van der Waals surface area contributed by atoms with Gasteiger partial charge in [-0.15, -0.1) is 5.73 Å². The highest BCUT2D eigenvalue weighted by molar-refractivity contribution is 5.89. The Bertz CT molecular complexity index is 425. The van der Waals surface area contributed by atoms with Crippen molar-refractivity contribution in [1.82, 2.24) is 0 Å². The Morgan fingerprint density at radius 2 is 1.94 bits per heavy atom. The molecule has 90 valence electrons. The number of carbonyl (C=O) groups excluding carboxylic acids is 1. The van der Waals surface area contributed by atoms with Gasteiger partial charge in [0.25, 0.3) is 0 Å². The average Bonchev–Trinajstić information content (AvgIpc) is 2.24. The molecule has 0 aromatic heterocycles. The number of hydrogen-bond donors (Lipinski definition) is 0. The summed E-state index contributed by atoms with van der Waals surface area (Å²) in [5, 5.41) is 0. The summed E-state index contributed by atoms with van der Waals surface area (Å²) in [6.45, 7) is 8.95. The van der Waals surface area contributed by atoms with E-state index in [2.05, 4.69) is 12.3 Å². The molecule has 0 aliphatic heterocycles. The zero-order chi connectivity index (χ0) is 12.9. The van der Waals surface area contributed by atoms with Crippen molar-refractivity contribution in [3.63, 3.8) is 0 Å². The van der Waals surface area contributed by atoms with E-state index < -0.39 is 11.7 Å². The van der Waals surface area contributed by atoms with E-state index in [0.717, 1.165) is 5.69 Å². The van der Waals surface area contributed by atoms with E-state index in [1.165, 1.54) is 11.1 Å². The molecule has 1 rings (SSSR count). The average molecular weight is 231 g/mol. The Kier molecular flexibility index (Phi) is 4.13. The molecule has 0 fully saturated rings. The van der Waals surface area contributed by atoms with E-state index in [1.54, 1.807) is 0 Å². The second-order valence-electron chi connectivity index (χ2n) is 4.52. The van der Waals surface area contributed by atoms with E-state index >= 15 is 0 Å². The lowest BCUT2D eigenvalue weighted by Crippen LogP contribution is -2.33. The Balaban J connectivity index is 2.95. The number of ether oxygens (including phenoxy) is 1. The Morgan fingerprint density at radius 3 is 2.41 bits per heavy atom. The first-order valence-electron chi connectivity index (χ1n) is 5.37. The maximum Gasteiger partial charge on any atom is 0.419 e. The van der Waals surface area contributed by atoms with Crippen LogP contribution in [-0.2, 0) is 4.74 Å². The molecular formula is C14H17NO2. The van der Waals surface area contributed by atoms with Gasteiger partial charge in [0.15, 0.2) is 0 Å². The summed E-state index contributed by atoms with van der Waals surface area (Å²) in [4.78, 5) is 13.3. The molecule has 0 saturated heterocycles. The molecular weight excluding hydrogens is 214 g/mol. The Morgan fingerprint density at radius 1 is 1.35 bits per heavy atom. The van der Waals surface area contributed by atoms with E-state index in [0.29, 0.717) is 0 Å². The molecule has 3 heteroatoms. The van der Waals surface area contributed by atoms with E-state index in [4.69, 9.17) is 4.74 Å².